The molecule has 0 aromatic carbocycles. The number of carbonyl (C=O) groups excluding carboxylic acids is 1. The van der Waals surface area contributed by atoms with Gasteiger partial charge in [-0.1, -0.05) is 0 Å². The molecule has 0 radical (unpaired) electrons. The van der Waals surface area contributed by atoms with E-state index in [0.29, 0.717) is 13.0 Å². The van der Waals surface area contributed by atoms with Crippen LogP contribution >= 0.6 is 0 Å². The van der Waals surface area contributed by atoms with Crippen molar-refractivity contribution in [3.8, 4) is 0 Å². The van der Waals surface area contributed by atoms with Crippen molar-refractivity contribution in [1.29, 1.82) is 0 Å². The SMILES string of the molecule is CNC(C)CNC(=O)CCCS(C)(=O)=O. The van der Waals surface area contributed by atoms with E-state index in [2.05, 4.69) is 10.6 Å². The van der Waals surface area contributed by atoms with Gasteiger partial charge < -0.3 is 10.6 Å². The molecule has 1 unspecified atom stereocenters. The van der Waals surface area contributed by atoms with Crippen molar-refractivity contribution in [2.24, 2.45) is 0 Å². The average Bonchev–Trinajstić information content (AvgIpc) is 2.12. The van der Waals surface area contributed by atoms with Crippen LogP contribution in [0.2, 0.25) is 0 Å². The van der Waals surface area contributed by atoms with E-state index >= 15 is 0 Å². The Morgan fingerprint density at radius 1 is 1.40 bits per heavy atom. The quantitative estimate of drug-likeness (QED) is 0.627. The lowest BCUT2D eigenvalue weighted by Crippen LogP contribution is -2.37. The molecule has 0 spiro atoms. The molecule has 2 N–H and O–H groups in total. The number of rotatable bonds is 7. The fourth-order valence-corrected chi connectivity index (χ4v) is 1.62. The fraction of sp³-hybridized carbons (Fsp3) is 0.889. The van der Waals surface area contributed by atoms with E-state index in [-0.39, 0.29) is 24.1 Å². The summed E-state index contributed by atoms with van der Waals surface area (Å²) in [5.41, 5.74) is 0. The predicted octanol–water partition coefficient (Wildman–Crippen LogP) is -0.465. The van der Waals surface area contributed by atoms with Crippen LogP contribution in [-0.2, 0) is 14.6 Å². The van der Waals surface area contributed by atoms with Gasteiger partial charge in [0.2, 0.25) is 5.91 Å². The van der Waals surface area contributed by atoms with E-state index in [4.69, 9.17) is 0 Å². The van der Waals surface area contributed by atoms with Crippen molar-refractivity contribution in [3.05, 3.63) is 0 Å². The summed E-state index contributed by atoms with van der Waals surface area (Å²) in [6.07, 6.45) is 1.83. The van der Waals surface area contributed by atoms with Crippen LogP contribution in [-0.4, -0.2) is 46.0 Å². The normalized spacial score (nSPS) is 13.5. The summed E-state index contributed by atoms with van der Waals surface area (Å²) in [6, 6.07) is 0.226. The Bertz CT molecular complexity index is 288. The molecular weight excluding hydrogens is 216 g/mol. The molecule has 0 rings (SSSR count). The topological polar surface area (TPSA) is 75.3 Å². The Morgan fingerprint density at radius 3 is 2.47 bits per heavy atom. The van der Waals surface area contributed by atoms with Gasteiger partial charge >= 0.3 is 0 Å². The van der Waals surface area contributed by atoms with Gasteiger partial charge in [0, 0.05) is 25.3 Å². The first-order valence-corrected chi connectivity index (χ1v) is 7.03. The molecule has 5 nitrogen and oxygen atoms in total. The summed E-state index contributed by atoms with van der Waals surface area (Å²) in [5.74, 6) is -0.0251. The third kappa shape index (κ3) is 9.68. The second kappa shape index (κ2) is 6.79. The van der Waals surface area contributed by atoms with Crippen molar-refractivity contribution in [3.63, 3.8) is 0 Å². The maximum atomic E-state index is 11.2. The van der Waals surface area contributed by atoms with Crippen LogP contribution in [0.15, 0.2) is 0 Å². The van der Waals surface area contributed by atoms with E-state index < -0.39 is 9.84 Å². The number of likely N-dealkylation sites (N-methyl/N-ethyl adjacent to an activating group) is 1. The van der Waals surface area contributed by atoms with Gasteiger partial charge in [0.25, 0.3) is 0 Å². The molecule has 1 amide bonds. The third-order valence-electron chi connectivity index (χ3n) is 2.02. The Kier molecular flexibility index (Phi) is 6.51. The lowest BCUT2D eigenvalue weighted by Gasteiger charge is -2.10. The van der Waals surface area contributed by atoms with Crippen molar-refractivity contribution >= 4 is 15.7 Å². The first-order chi connectivity index (χ1) is 6.85. The van der Waals surface area contributed by atoms with E-state index in [1.165, 1.54) is 6.26 Å². The van der Waals surface area contributed by atoms with Gasteiger partial charge in [-0.05, 0) is 20.4 Å². The molecule has 0 aliphatic heterocycles. The van der Waals surface area contributed by atoms with Crippen LogP contribution in [0.25, 0.3) is 0 Å². The zero-order chi connectivity index (χ0) is 11.9. The number of carbonyl (C=O) groups is 1. The summed E-state index contributed by atoms with van der Waals surface area (Å²) >= 11 is 0. The van der Waals surface area contributed by atoms with Gasteiger partial charge in [0.1, 0.15) is 9.84 Å². The highest BCUT2D eigenvalue weighted by Crippen LogP contribution is 1.94. The maximum Gasteiger partial charge on any atom is 0.220 e. The monoisotopic (exact) mass is 236 g/mol. The third-order valence-corrected chi connectivity index (χ3v) is 3.05. The van der Waals surface area contributed by atoms with E-state index in [1.54, 1.807) is 0 Å². The van der Waals surface area contributed by atoms with Crippen LogP contribution in [0.4, 0.5) is 0 Å². The van der Waals surface area contributed by atoms with Gasteiger partial charge in [-0.2, -0.15) is 0 Å². The molecule has 0 bridgehead atoms. The highest BCUT2D eigenvalue weighted by atomic mass is 32.2. The summed E-state index contributed by atoms with van der Waals surface area (Å²) < 4.78 is 21.6. The minimum atomic E-state index is -2.95. The molecule has 0 fully saturated rings. The van der Waals surface area contributed by atoms with E-state index in [1.807, 2.05) is 14.0 Å². The second-order valence-electron chi connectivity index (χ2n) is 3.73. The highest BCUT2D eigenvalue weighted by molar-refractivity contribution is 7.90. The Labute approximate surface area is 91.5 Å². The number of sulfone groups is 1. The summed E-state index contributed by atoms with van der Waals surface area (Å²) in [6.45, 7) is 2.52. The lowest BCUT2D eigenvalue weighted by molar-refractivity contribution is -0.121. The lowest BCUT2D eigenvalue weighted by atomic mass is 10.3. The number of amides is 1. The smallest absolute Gasteiger partial charge is 0.220 e. The number of hydrogen-bond acceptors (Lipinski definition) is 4. The molecule has 90 valence electrons. The van der Waals surface area contributed by atoms with Crippen LogP contribution in [0.1, 0.15) is 19.8 Å². The highest BCUT2D eigenvalue weighted by Gasteiger charge is 2.06. The maximum absolute atomic E-state index is 11.2. The predicted molar refractivity (Wildman–Crippen MR) is 60.5 cm³/mol. The molecule has 0 heterocycles. The van der Waals surface area contributed by atoms with Crippen molar-refractivity contribution in [1.82, 2.24) is 10.6 Å². The molecule has 0 saturated heterocycles. The number of nitrogens with one attached hydrogen (secondary N) is 2. The minimum absolute atomic E-state index is 0.0714. The minimum Gasteiger partial charge on any atom is -0.355 e. The molecule has 0 saturated carbocycles. The van der Waals surface area contributed by atoms with Gasteiger partial charge in [-0.15, -0.1) is 0 Å². The van der Waals surface area contributed by atoms with Gasteiger partial charge in [0.15, 0.2) is 0 Å². The second-order valence-corrected chi connectivity index (χ2v) is 5.99. The molecule has 0 aliphatic carbocycles. The van der Waals surface area contributed by atoms with Crippen LogP contribution in [0, 0.1) is 0 Å². The molecule has 15 heavy (non-hydrogen) atoms. The van der Waals surface area contributed by atoms with Crippen LogP contribution < -0.4 is 10.6 Å². The molecular formula is C9H20N2O3S. The standard InChI is InChI=1S/C9H20N2O3S/c1-8(10-2)7-11-9(12)5-4-6-15(3,13)14/h8,10H,4-7H2,1-3H3,(H,11,12). The van der Waals surface area contributed by atoms with Crippen molar-refractivity contribution in [2.45, 2.75) is 25.8 Å². The molecule has 0 aromatic rings. The first-order valence-electron chi connectivity index (χ1n) is 4.97. The van der Waals surface area contributed by atoms with Crippen molar-refractivity contribution in [2.75, 3.05) is 25.6 Å². The zero-order valence-electron chi connectivity index (χ0n) is 9.54. The number of hydrogen-bond donors (Lipinski definition) is 2. The van der Waals surface area contributed by atoms with Crippen LogP contribution in [0.5, 0.6) is 0 Å². The summed E-state index contributed by atoms with van der Waals surface area (Å²) in [7, 11) is -1.13. The Hall–Kier alpha value is -0.620. The van der Waals surface area contributed by atoms with Gasteiger partial charge in [-0.25, -0.2) is 8.42 Å². The van der Waals surface area contributed by atoms with Crippen molar-refractivity contribution < 1.29 is 13.2 Å². The molecule has 0 aromatic heterocycles. The van der Waals surface area contributed by atoms with Gasteiger partial charge in [-0.3, -0.25) is 4.79 Å². The molecule has 0 aliphatic rings. The van der Waals surface area contributed by atoms with E-state index in [0.717, 1.165) is 0 Å². The summed E-state index contributed by atoms with van der Waals surface area (Å²) in [4.78, 5) is 11.2. The molecule has 6 heteroatoms. The Balaban J connectivity index is 3.59. The molecule has 1 atom stereocenters. The zero-order valence-corrected chi connectivity index (χ0v) is 10.4. The largest absolute Gasteiger partial charge is 0.355 e. The average molecular weight is 236 g/mol. The Morgan fingerprint density at radius 2 is 2.00 bits per heavy atom. The fourth-order valence-electron chi connectivity index (χ4n) is 0.952. The first kappa shape index (κ1) is 14.4. The van der Waals surface area contributed by atoms with Crippen LogP contribution in [0.3, 0.4) is 0 Å². The van der Waals surface area contributed by atoms with Gasteiger partial charge in [0.05, 0.1) is 5.75 Å². The van der Waals surface area contributed by atoms with E-state index in [9.17, 15) is 13.2 Å². The summed E-state index contributed by atoms with van der Waals surface area (Å²) in [5, 5.41) is 5.71.